The van der Waals surface area contributed by atoms with Gasteiger partial charge < -0.3 is 24.1 Å². The van der Waals surface area contributed by atoms with E-state index in [1.54, 1.807) is 7.11 Å². The minimum absolute atomic E-state index is 0.290. The number of hydrogen-bond acceptors (Lipinski definition) is 6. The fourth-order valence-electron chi connectivity index (χ4n) is 4.17. The first-order valence-corrected chi connectivity index (χ1v) is 10.8. The summed E-state index contributed by atoms with van der Waals surface area (Å²) in [5, 5.41) is 10.5. The Balaban J connectivity index is 1.29. The second-order valence-electron chi connectivity index (χ2n) is 7.93. The van der Waals surface area contributed by atoms with E-state index >= 15 is 0 Å². The summed E-state index contributed by atoms with van der Waals surface area (Å²) in [6, 6.07) is 14.3. The SMILES string of the molecule is COc1ccc(COC[C@H](O)CN2CCC[C@H]2c2ccc3c(c2)OCCCO3)cc1. The first kappa shape index (κ1) is 21.0. The first-order chi connectivity index (χ1) is 14.7. The molecule has 0 aliphatic carbocycles. The average Bonchev–Trinajstić information content (AvgIpc) is 3.09. The van der Waals surface area contributed by atoms with Crippen molar-refractivity contribution in [1.29, 1.82) is 0 Å². The number of aliphatic hydroxyl groups is 1. The minimum atomic E-state index is -0.524. The van der Waals surface area contributed by atoms with Crippen LogP contribution in [0.3, 0.4) is 0 Å². The van der Waals surface area contributed by atoms with Crippen molar-refractivity contribution in [3.63, 3.8) is 0 Å². The van der Waals surface area contributed by atoms with E-state index in [0.29, 0.717) is 39.0 Å². The van der Waals surface area contributed by atoms with E-state index in [0.717, 1.165) is 48.6 Å². The summed E-state index contributed by atoms with van der Waals surface area (Å²) in [6.07, 6.45) is 2.59. The molecular weight excluding hydrogens is 382 g/mol. The van der Waals surface area contributed by atoms with Gasteiger partial charge in [0, 0.05) is 19.0 Å². The number of rotatable bonds is 8. The van der Waals surface area contributed by atoms with Crippen LogP contribution in [0.1, 0.15) is 36.4 Å². The van der Waals surface area contributed by atoms with Crippen LogP contribution in [-0.4, -0.2) is 56.1 Å². The van der Waals surface area contributed by atoms with Gasteiger partial charge in [0.1, 0.15) is 5.75 Å². The molecule has 4 rings (SSSR count). The smallest absolute Gasteiger partial charge is 0.161 e. The molecule has 2 aliphatic heterocycles. The van der Waals surface area contributed by atoms with E-state index < -0.39 is 6.10 Å². The lowest BCUT2D eigenvalue weighted by Crippen LogP contribution is -2.34. The first-order valence-electron chi connectivity index (χ1n) is 10.8. The third-order valence-corrected chi connectivity index (χ3v) is 5.70. The zero-order valence-corrected chi connectivity index (χ0v) is 17.6. The van der Waals surface area contributed by atoms with Crippen molar-refractivity contribution in [2.24, 2.45) is 0 Å². The number of fused-ring (bicyclic) bond motifs is 1. The van der Waals surface area contributed by atoms with Crippen LogP contribution in [0.4, 0.5) is 0 Å². The largest absolute Gasteiger partial charge is 0.497 e. The molecule has 0 radical (unpaired) electrons. The Kier molecular flexibility index (Phi) is 7.10. The molecule has 0 unspecified atom stereocenters. The molecule has 162 valence electrons. The van der Waals surface area contributed by atoms with Crippen molar-refractivity contribution in [3.05, 3.63) is 53.6 Å². The predicted octanol–water partition coefficient (Wildman–Crippen LogP) is 3.57. The minimum Gasteiger partial charge on any atom is -0.497 e. The molecule has 2 atom stereocenters. The fourth-order valence-corrected chi connectivity index (χ4v) is 4.17. The Bertz CT molecular complexity index is 810. The van der Waals surface area contributed by atoms with Gasteiger partial charge in [-0.05, 0) is 54.8 Å². The number of hydrogen-bond donors (Lipinski definition) is 1. The third-order valence-electron chi connectivity index (χ3n) is 5.70. The van der Waals surface area contributed by atoms with Crippen LogP contribution in [-0.2, 0) is 11.3 Å². The number of β-amino-alcohol motifs (C(OH)–C–C–N with tert-alkyl or cyclic N) is 1. The molecule has 30 heavy (non-hydrogen) atoms. The summed E-state index contributed by atoms with van der Waals surface area (Å²) in [4.78, 5) is 2.35. The summed E-state index contributed by atoms with van der Waals surface area (Å²) in [6.45, 7) is 3.76. The van der Waals surface area contributed by atoms with Crippen molar-refractivity contribution in [2.45, 2.75) is 38.0 Å². The Morgan fingerprint density at radius 1 is 1.07 bits per heavy atom. The normalized spacial score (nSPS) is 20.0. The lowest BCUT2D eigenvalue weighted by molar-refractivity contribution is 0.00770. The van der Waals surface area contributed by atoms with Crippen LogP contribution in [0, 0.1) is 0 Å². The van der Waals surface area contributed by atoms with Crippen LogP contribution >= 0.6 is 0 Å². The molecule has 0 amide bonds. The van der Waals surface area contributed by atoms with Crippen molar-refractivity contribution >= 4 is 0 Å². The Morgan fingerprint density at radius 2 is 1.87 bits per heavy atom. The molecule has 6 nitrogen and oxygen atoms in total. The van der Waals surface area contributed by atoms with Gasteiger partial charge in [-0.3, -0.25) is 4.90 Å². The van der Waals surface area contributed by atoms with Gasteiger partial charge in [-0.1, -0.05) is 18.2 Å². The van der Waals surface area contributed by atoms with Gasteiger partial charge in [0.2, 0.25) is 0 Å². The highest BCUT2D eigenvalue weighted by molar-refractivity contribution is 5.44. The van der Waals surface area contributed by atoms with Crippen LogP contribution in [0.25, 0.3) is 0 Å². The van der Waals surface area contributed by atoms with Gasteiger partial charge in [-0.25, -0.2) is 0 Å². The van der Waals surface area contributed by atoms with Crippen LogP contribution in [0.5, 0.6) is 17.2 Å². The molecule has 2 aliphatic rings. The number of nitrogens with zero attached hydrogens (tertiary/aromatic N) is 1. The fraction of sp³-hybridized carbons (Fsp3) is 0.500. The Morgan fingerprint density at radius 3 is 2.67 bits per heavy atom. The maximum absolute atomic E-state index is 10.5. The van der Waals surface area contributed by atoms with Crippen molar-refractivity contribution in [2.75, 3.05) is 40.0 Å². The summed E-state index contributed by atoms with van der Waals surface area (Å²) < 4.78 is 22.5. The molecule has 0 spiro atoms. The summed E-state index contributed by atoms with van der Waals surface area (Å²) in [5.74, 6) is 2.49. The molecule has 0 aromatic heterocycles. The molecule has 2 heterocycles. The van der Waals surface area contributed by atoms with Crippen molar-refractivity contribution in [3.8, 4) is 17.2 Å². The number of likely N-dealkylation sites (tertiary alicyclic amines) is 1. The van der Waals surface area contributed by atoms with Crippen molar-refractivity contribution in [1.82, 2.24) is 4.90 Å². The van der Waals surface area contributed by atoms with E-state index in [1.807, 2.05) is 30.3 Å². The number of benzene rings is 2. The molecule has 0 saturated carbocycles. The predicted molar refractivity (Wildman–Crippen MR) is 114 cm³/mol. The van der Waals surface area contributed by atoms with Gasteiger partial charge in [0.15, 0.2) is 11.5 Å². The highest BCUT2D eigenvalue weighted by atomic mass is 16.5. The number of methoxy groups -OCH3 is 1. The summed E-state index contributed by atoms with van der Waals surface area (Å²) in [5.41, 5.74) is 2.29. The quantitative estimate of drug-likeness (QED) is 0.714. The van der Waals surface area contributed by atoms with E-state index in [4.69, 9.17) is 18.9 Å². The lowest BCUT2D eigenvalue weighted by atomic mass is 10.0. The monoisotopic (exact) mass is 413 g/mol. The van der Waals surface area contributed by atoms with Crippen molar-refractivity contribution < 1.29 is 24.1 Å². The lowest BCUT2D eigenvalue weighted by Gasteiger charge is -2.27. The van der Waals surface area contributed by atoms with Crippen LogP contribution in [0.15, 0.2) is 42.5 Å². The second kappa shape index (κ2) is 10.2. The number of aliphatic hydroxyl groups excluding tert-OH is 1. The Hall–Kier alpha value is -2.28. The topological polar surface area (TPSA) is 60.4 Å². The van der Waals surface area contributed by atoms with Gasteiger partial charge in [0.05, 0.1) is 39.6 Å². The van der Waals surface area contributed by atoms with E-state index in [1.165, 1.54) is 5.56 Å². The molecule has 1 fully saturated rings. The molecule has 1 saturated heterocycles. The van der Waals surface area contributed by atoms with Gasteiger partial charge in [0.25, 0.3) is 0 Å². The van der Waals surface area contributed by atoms with Crippen LogP contribution in [0.2, 0.25) is 0 Å². The van der Waals surface area contributed by atoms with Gasteiger partial charge in [-0.15, -0.1) is 0 Å². The molecular formula is C24H31NO5. The summed E-state index contributed by atoms with van der Waals surface area (Å²) >= 11 is 0. The highest BCUT2D eigenvalue weighted by Crippen LogP contribution is 2.37. The Labute approximate surface area is 178 Å². The maximum Gasteiger partial charge on any atom is 0.161 e. The van der Waals surface area contributed by atoms with E-state index in [-0.39, 0.29) is 0 Å². The van der Waals surface area contributed by atoms with Crippen LogP contribution < -0.4 is 14.2 Å². The zero-order chi connectivity index (χ0) is 20.8. The molecule has 2 aromatic rings. The standard InChI is InChI=1S/C24H31NO5/c1-27-21-8-5-18(6-9-21)16-28-17-20(26)15-25-11-2-4-22(25)19-7-10-23-24(14-19)30-13-3-12-29-23/h5-10,14,20,22,26H,2-4,11-13,15-17H2,1H3/t20-,22+/m1/s1. The third kappa shape index (κ3) is 5.25. The molecule has 0 bridgehead atoms. The van der Waals surface area contributed by atoms with Gasteiger partial charge in [-0.2, -0.15) is 0 Å². The number of ether oxygens (including phenoxy) is 4. The highest BCUT2D eigenvalue weighted by Gasteiger charge is 2.28. The average molecular weight is 414 g/mol. The molecule has 6 heteroatoms. The molecule has 2 aromatic carbocycles. The van der Waals surface area contributed by atoms with Gasteiger partial charge >= 0.3 is 0 Å². The zero-order valence-electron chi connectivity index (χ0n) is 17.6. The van der Waals surface area contributed by atoms with E-state index in [2.05, 4.69) is 17.0 Å². The maximum atomic E-state index is 10.5. The molecule has 1 N–H and O–H groups in total. The van der Waals surface area contributed by atoms with E-state index in [9.17, 15) is 5.11 Å². The summed E-state index contributed by atoms with van der Waals surface area (Å²) in [7, 11) is 1.65. The second-order valence-corrected chi connectivity index (χ2v) is 7.93.